The Morgan fingerprint density at radius 2 is 1.91 bits per heavy atom. The lowest BCUT2D eigenvalue weighted by atomic mass is 10.1. The Hall–Kier alpha value is -3.41. The first-order valence-electron chi connectivity index (χ1n) is 10.7. The third-order valence-electron chi connectivity index (χ3n) is 4.97. The van der Waals surface area contributed by atoms with Gasteiger partial charge in [0.25, 0.3) is 6.47 Å². The van der Waals surface area contributed by atoms with E-state index in [2.05, 4.69) is 36.5 Å². The smallest absolute Gasteiger partial charge is 0.387 e. The van der Waals surface area contributed by atoms with Gasteiger partial charge in [0.05, 0.1) is 12.3 Å². The molecule has 0 atom stereocenters. The number of rotatable bonds is 7. The lowest BCUT2D eigenvalue weighted by molar-refractivity contribution is -0.131. The summed E-state index contributed by atoms with van der Waals surface area (Å²) in [4.78, 5) is 20.0. The molecule has 3 aromatic rings. The molecule has 9 nitrogen and oxygen atoms in total. The summed E-state index contributed by atoms with van der Waals surface area (Å²) in [6.45, 7) is 2.91. The Morgan fingerprint density at radius 1 is 1.18 bits per heavy atom. The standard InChI is InChI=1S/C18H18F3N5O2.C4H8O2/c1-25-6-4-11(5-7-25)27-17-13-9-24-26(16(13)22-10-23-17)15-3-2-12(8-14(15)19)28-18(20)21;1-4(2)6-3-5/h2-3,8-11,18H,4-7H2,1H3;3-4H,1-2H3. The maximum Gasteiger partial charge on any atom is 0.387 e. The van der Waals surface area contributed by atoms with Crippen molar-refractivity contribution in [3.8, 4) is 17.3 Å². The highest BCUT2D eigenvalue weighted by Gasteiger charge is 2.21. The molecule has 0 amide bonds. The van der Waals surface area contributed by atoms with E-state index in [1.165, 1.54) is 29.3 Å². The van der Waals surface area contributed by atoms with Gasteiger partial charge in [0.15, 0.2) is 11.5 Å². The number of piperidine rings is 1. The second kappa shape index (κ2) is 11.6. The summed E-state index contributed by atoms with van der Waals surface area (Å²) in [6, 6.07) is 3.43. The fraction of sp³-hybridized carbons (Fsp3) is 0.455. The number of likely N-dealkylation sites (tertiary alicyclic amines) is 1. The van der Waals surface area contributed by atoms with Crippen LogP contribution in [0.2, 0.25) is 0 Å². The average Bonchev–Trinajstić information content (AvgIpc) is 3.20. The Kier molecular flexibility index (Phi) is 8.63. The number of ether oxygens (including phenoxy) is 3. The molecule has 0 bridgehead atoms. The summed E-state index contributed by atoms with van der Waals surface area (Å²) in [6.07, 6.45) is 4.68. The molecule has 12 heteroatoms. The van der Waals surface area contributed by atoms with E-state index in [4.69, 9.17) is 4.74 Å². The van der Waals surface area contributed by atoms with Crippen molar-refractivity contribution in [1.29, 1.82) is 0 Å². The van der Waals surface area contributed by atoms with Crippen LogP contribution in [0.1, 0.15) is 26.7 Å². The average molecular weight is 481 g/mol. The van der Waals surface area contributed by atoms with Crippen LogP contribution in [0.5, 0.6) is 11.6 Å². The second-order valence-electron chi connectivity index (χ2n) is 7.87. The number of alkyl halides is 2. The van der Waals surface area contributed by atoms with Gasteiger partial charge in [-0.2, -0.15) is 13.9 Å². The summed E-state index contributed by atoms with van der Waals surface area (Å²) in [5, 5.41) is 4.73. The van der Waals surface area contributed by atoms with Crippen molar-refractivity contribution in [3.63, 3.8) is 0 Å². The first-order chi connectivity index (χ1) is 16.3. The first-order valence-corrected chi connectivity index (χ1v) is 10.7. The Labute approximate surface area is 194 Å². The topological polar surface area (TPSA) is 91.6 Å². The first kappa shape index (κ1) is 25.2. The van der Waals surface area contributed by atoms with E-state index in [0.29, 0.717) is 23.4 Å². The van der Waals surface area contributed by atoms with Crippen molar-refractivity contribution < 1.29 is 32.2 Å². The molecule has 2 aromatic heterocycles. The molecule has 0 unspecified atom stereocenters. The fourth-order valence-electron chi connectivity index (χ4n) is 3.30. The van der Waals surface area contributed by atoms with E-state index in [-0.39, 0.29) is 23.6 Å². The normalized spacial score (nSPS) is 14.7. The van der Waals surface area contributed by atoms with Crippen LogP contribution < -0.4 is 9.47 Å². The predicted octanol–water partition coefficient (Wildman–Crippen LogP) is 3.60. The Bertz CT molecular complexity index is 1090. The van der Waals surface area contributed by atoms with Crippen LogP contribution in [0.3, 0.4) is 0 Å². The van der Waals surface area contributed by atoms with E-state index < -0.39 is 12.4 Å². The number of carbonyl (C=O) groups excluding carboxylic acids is 1. The molecule has 3 heterocycles. The maximum absolute atomic E-state index is 14.4. The van der Waals surface area contributed by atoms with Crippen LogP contribution in [0.4, 0.5) is 13.2 Å². The van der Waals surface area contributed by atoms with Crippen LogP contribution in [0.15, 0.2) is 30.7 Å². The summed E-state index contributed by atoms with van der Waals surface area (Å²) < 4.78 is 54.9. The molecule has 0 saturated carbocycles. The molecule has 0 radical (unpaired) electrons. The monoisotopic (exact) mass is 481 g/mol. The van der Waals surface area contributed by atoms with Crippen molar-refractivity contribution in [2.75, 3.05) is 20.1 Å². The molecule has 184 valence electrons. The van der Waals surface area contributed by atoms with E-state index >= 15 is 0 Å². The van der Waals surface area contributed by atoms with Crippen LogP contribution in [0, 0.1) is 5.82 Å². The maximum atomic E-state index is 14.4. The van der Waals surface area contributed by atoms with Gasteiger partial charge in [0.1, 0.15) is 29.3 Å². The quantitative estimate of drug-likeness (QED) is 0.473. The lowest BCUT2D eigenvalue weighted by Crippen LogP contribution is -2.35. The van der Waals surface area contributed by atoms with E-state index in [9.17, 15) is 18.0 Å². The predicted molar refractivity (Wildman–Crippen MR) is 117 cm³/mol. The number of halogens is 3. The largest absolute Gasteiger partial charge is 0.474 e. The van der Waals surface area contributed by atoms with Crippen molar-refractivity contribution in [2.24, 2.45) is 0 Å². The molecule has 0 N–H and O–H groups in total. The van der Waals surface area contributed by atoms with Gasteiger partial charge in [-0.15, -0.1) is 0 Å². The minimum atomic E-state index is -3.03. The van der Waals surface area contributed by atoms with Crippen LogP contribution >= 0.6 is 0 Å². The number of nitrogens with zero attached hydrogens (tertiary/aromatic N) is 5. The molecule has 0 spiro atoms. The van der Waals surface area contributed by atoms with Crippen LogP contribution in [-0.4, -0.2) is 70.1 Å². The Balaban J connectivity index is 0.000000481. The van der Waals surface area contributed by atoms with Gasteiger partial charge in [0, 0.05) is 19.2 Å². The zero-order valence-corrected chi connectivity index (χ0v) is 19.0. The van der Waals surface area contributed by atoms with Gasteiger partial charge >= 0.3 is 6.61 Å². The summed E-state index contributed by atoms with van der Waals surface area (Å²) in [5.74, 6) is -0.642. The number of aromatic nitrogens is 4. The molecule has 1 saturated heterocycles. The van der Waals surface area contributed by atoms with Crippen molar-refractivity contribution >= 4 is 17.5 Å². The molecule has 4 rings (SSSR count). The number of hydrogen-bond donors (Lipinski definition) is 0. The van der Waals surface area contributed by atoms with Gasteiger partial charge < -0.3 is 19.1 Å². The number of fused-ring (bicyclic) bond motifs is 1. The highest BCUT2D eigenvalue weighted by molar-refractivity contribution is 5.81. The van der Waals surface area contributed by atoms with Crippen molar-refractivity contribution in [3.05, 3.63) is 36.5 Å². The zero-order valence-electron chi connectivity index (χ0n) is 19.0. The lowest BCUT2D eigenvalue weighted by Gasteiger charge is -2.28. The molecule has 0 aliphatic carbocycles. The van der Waals surface area contributed by atoms with Crippen LogP contribution in [0.25, 0.3) is 16.7 Å². The van der Waals surface area contributed by atoms with Crippen molar-refractivity contribution in [1.82, 2.24) is 24.6 Å². The third-order valence-corrected chi connectivity index (χ3v) is 4.97. The highest BCUT2D eigenvalue weighted by atomic mass is 19.3. The second-order valence-corrected chi connectivity index (χ2v) is 7.87. The highest BCUT2D eigenvalue weighted by Crippen LogP contribution is 2.28. The van der Waals surface area contributed by atoms with E-state index in [1.807, 2.05) is 0 Å². The zero-order chi connectivity index (χ0) is 24.7. The third kappa shape index (κ3) is 6.56. The molecule has 1 fully saturated rings. The molecule has 1 aliphatic heterocycles. The summed E-state index contributed by atoms with van der Waals surface area (Å²) >= 11 is 0. The molecule has 1 aromatic carbocycles. The number of hydrogen-bond acceptors (Lipinski definition) is 8. The minimum absolute atomic E-state index is 0.0301. The fourth-order valence-corrected chi connectivity index (χ4v) is 3.30. The van der Waals surface area contributed by atoms with Gasteiger partial charge in [-0.3, -0.25) is 4.79 Å². The Morgan fingerprint density at radius 3 is 2.50 bits per heavy atom. The van der Waals surface area contributed by atoms with Crippen molar-refractivity contribution in [2.45, 2.75) is 45.5 Å². The van der Waals surface area contributed by atoms with Crippen LogP contribution in [-0.2, 0) is 9.53 Å². The molecular weight excluding hydrogens is 455 g/mol. The molecule has 1 aliphatic rings. The van der Waals surface area contributed by atoms with Gasteiger partial charge in [0.2, 0.25) is 5.88 Å². The SMILES string of the molecule is CC(C)OC=O.CN1CCC(Oc2ncnc3c2cnn3-c2ccc(OC(F)F)cc2F)CC1. The van der Waals surface area contributed by atoms with Gasteiger partial charge in [-0.05, 0) is 45.9 Å². The van der Waals surface area contributed by atoms with E-state index in [1.54, 1.807) is 13.8 Å². The van der Waals surface area contributed by atoms with E-state index in [0.717, 1.165) is 32.0 Å². The minimum Gasteiger partial charge on any atom is -0.474 e. The molecule has 34 heavy (non-hydrogen) atoms. The summed E-state index contributed by atoms with van der Waals surface area (Å²) in [5.41, 5.74) is 0.417. The number of benzene rings is 1. The molecular formula is C22H26F3N5O4. The summed E-state index contributed by atoms with van der Waals surface area (Å²) in [7, 11) is 2.06. The van der Waals surface area contributed by atoms with Gasteiger partial charge in [-0.1, -0.05) is 0 Å². The number of carbonyl (C=O) groups is 1. The van der Waals surface area contributed by atoms with Gasteiger partial charge in [-0.25, -0.2) is 19.0 Å².